The molecule has 4 amide bonds. The molecule has 25 heteroatoms. The van der Waals surface area contributed by atoms with E-state index in [2.05, 4.69) is 9.80 Å². The first-order valence-electron chi connectivity index (χ1n) is 35.3. The van der Waals surface area contributed by atoms with Crippen LogP contribution in [0, 0.1) is 11.8 Å². The molecule has 23 nitrogen and oxygen atoms in total. The van der Waals surface area contributed by atoms with Crippen LogP contribution in [0.2, 0.25) is 0 Å². The standard InChI is InChI=1S/C76H112F2N6O17/c1-50(2)23-35-59(79(14)67(87)64(38-30-55-27-33-58(34-28-55)84-41-45-95-46-42-84)100-72(92)62(48-76(12,13)78)82(17)73(93)101-74(7,8)9)69(89)97-52(5)65(85)81(16)61(47-75(10,11)77)71(91)99-63(37-29-54-25-31-57(32-26-54)83-39-43-94-44-40-83)66(86)80(15)60(36-24-51(3)4)70(90)98-53(6)68(88)96-49-56-21-19-18-20-22-56/h18-22,25-28,31-34,50-53,59-64H,23-24,29-30,35-49H2,1-17H3/t52-,53-,59+,60+,61+,62+,63-,64-/m1/s1. The maximum Gasteiger partial charge on any atom is 0.410 e. The molecule has 0 aromatic heterocycles. The van der Waals surface area contributed by atoms with Crippen molar-refractivity contribution in [2.45, 2.75) is 226 Å². The Morgan fingerprint density at radius 2 is 0.802 bits per heavy atom. The van der Waals surface area contributed by atoms with Crippen LogP contribution < -0.4 is 9.80 Å². The van der Waals surface area contributed by atoms with Gasteiger partial charge in [-0.05, 0) is 166 Å². The van der Waals surface area contributed by atoms with Crippen LogP contribution in [-0.2, 0) is 95.7 Å². The Morgan fingerprint density at radius 1 is 0.436 bits per heavy atom. The maximum absolute atomic E-state index is 16.2. The van der Waals surface area contributed by atoms with Gasteiger partial charge in [0.15, 0.2) is 24.4 Å². The van der Waals surface area contributed by atoms with E-state index in [4.69, 9.17) is 37.9 Å². The molecule has 5 rings (SSSR count). The first-order valence-corrected chi connectivity index (χ1v) is 35.3. The fourth-order valence-electron chi connectivity index (χ4n) is 11.6. The number of benzene rings is 3. The Hall–Kier alpha value is -7.93. The van der Waals surface area contributed by atoms with E-state index in [1.54, 1.807) is 45.0 Å². The number of carbonyl (C=O) groups is 9. The van der Waals surface area contributed by atoms with E-state index in [1.807, 2.05) is 82.3 Å². The summed E-state index contributed by atoms with van der Waals surface area (Å²) in [5, 5.41) is 0. The van der Waals surface area contributed by atoms with Crippen molar-refractivity contribution in [2.75, 3.05) is 90.6 Å². The average Bonchev–Trinajstić information content (AvgIpc) is 0.829. The van der Waals surface area contributed by atoms with Crippen LogP contribution in [0.5, 0.6) is 0 Å². The highest BCUT2D eigenvalue weighted by Gasteiger charge is 2.44. The molecule has 0 aliphatic carbocycles. The fourth-order valence-corrected chi connectivity index (χ4v) is 11.6. The van der Waals surface area contributed by atoms with Gasteiger partial charge < -0.3 is 62.4 Å². The number of esters is 5. The van der Waals surface area contributed by atoms with Crippen molar-refractivity contribution < 1.29 is 89.8 Å². The number of amides is 4. The number of ether oxygens (including phenoxy) is 8. The summed E-state index contributed by atoms with van der Waals surface area (Å²) >= 11 is 0. The molecule has 0 unspecified atom stereocenters. The van der Waals surface area contributed by atoms with Gasteiger partial charge in [-0.25, -0.2) is 37.5 Å². The first kappa shape index (κ1) is 83.7. The summed E-state index contributed by atoms with van der Waals surface area (Å²) in [4.78, 5) is 138. The molecule has 0 N–H and O–H groups in total. The molecule has 562 valence electrons. The van der Waals surface area contributed by atoms with Gasteiger partial charge in [-0.1, -0.05) is 82.3 Å². The van der Waals surface area contributed by atoms with Crippen molar-refractivity contribution in [1.29, 1.82) is 0 Å². The lowest BCUT2D eigenvalue weighted by Gasteiger charge is -2.35. The van der Waals surface area contributed by atoms with Crippen LogP contribution in [-0.4, -0.2) is 220 Å². The SMILES string of the molecule is CC(C)CC[C@@H](C(=O)O[C@H](C)C(=O)N(C)[C@@H](CC(C)(C)F)C(=O)O[C@H](CCc1ccc(N2CCOCC2)cc1)C(=O)N(C)[C@@H](CCC(C)C)C(=O)O[C@H](C)C(=O)OCc1ccccc1)N(C)C(=O)[C@@H](CCc1ccc(N2CCOCC2)cc1)OC(=O)[C@H](CC(C)(C)F)N(C)C(=O)OC(C)(C)C. The molecular formula is C76H112F2N6O17. The summed E-state index contributed by atoms with van der Waals surface area (Å²) in [5.41, 5.74) is -1.03. The highest BCUT2D eigenvalue weighted by atomic mass is 19.1. The van der Waals surface area contributed by atoms with Gasteiger partial charge in [-0.15, -0.1) is 0 Å². The normalized spacial score (nSPS) is 16.1. The van der Waals surface area contributed by atoms with Gasteiger partial charge in [0.2, 0.25) is 0 Å². The third kappa shape index (κ3) is 27.7. The molecule has 0 saturated carbocycles. The minimum absolute atomic E-state index is 0.0115. The van der Waals surface area contributed by atoms with Crippen molar-refractivity contribution in [1.82, 2.24) is 19.6 Å². The number of carbonyl (C=O) groups excluding carboxylic acids is 9. The highest BCUT2D eigenvalue weighted by Crippen LogP contribution is 2.29. The van der Waals surface area contributed by atoms with E-state index in [-0.39, 0.29) is 57.0 Å². The summed E-state index contributed by atoms with van der Waals surface area (Å²) in [5.74, 6) is -7.76. The van der Waals surface area contributed by atoms with Crippen LogP contribution in [0.3, 0.4) is 0 Å². The molecule has 0 radical (unpaired) electrons. The van der Waals surface area contributed by atoms with Crippen molar-refractivity contribution >= 4 is 65.0 Å². The van der Waals surface area contributed by atoms with Crippen LogP contribution in [0.1, 0.15) is 158 Å². The molecule has 3 aromatic rings. The van der Waals surface area contributed by atoms with E-state index >= 15 is 18.4 Å². The summed E-state index contributed by atoms with van der Waals surface area (Å²) in [7, 11) is 5.15. The van der Waals surface area contributed by atoms with Crippen molar-refractivity contribution in [3.8, 4) is 0 Å². The Balaban J connectivity index is 1.44. The summed E-state index contributed by atoms with van der Waals surface area (Å²) in [6.45, 7) is 25.0. The number of nitrogens with zero attached hydrogens (tertiary/aromatic N) is 6. The van der Waals surface area contributed by atoms with Gasteiger partial charge in [0.05, 0.1) is 26.4 Å². The van der Waals surface area contributed by atoms with Gasteiger partial charge in [-0.3, -0.25) is 19.3 Å². The van der Waals surface area contributed by atoms with Gasteiger partial charge in [0, 0.05) is 78.6 Å². The Labute approximate surface area is 596 Å². The van der Waals surface area contributed by atoms with E-state index in [0.29, 0.717) is 71.0 Å². The Kier molecular flexibility index (Phi) is 32.3. The molecule has 2 aliphatic heterocycles. The lowest BCUT2D eigenvalue weighted by molar-refractivity contribution is -0.176. The van der Waals surface area contributed by atoms with Gasteiger partial charge in [0.1, 0.15) is 47.7 Å². The zero-order chi connectivity index (χ0) is 75.1. The topological polar surface area (TPSA) is 247 Å². The number of aryl methyl sites for hydroxylation is 2. The monoisotopic (exact) mass is 1420 g/mol. The Morgan fingerprint density at radius 3 is 1.18 bits per heavy atom. The number of hydrogen-bond acceptors (Lipinski definition) is 19. The van der Waals surface area contributed by atoms with E-state index < -0.39 is 132 Å². The molecular weight excluding hydrogens is 1310 g/mol. The third-order valence-electron chi connectivity index (χ3n) is 17.6. The second-order valence-electron chi connectivity index (χ2n) is 29.5. The number of likely N-dealkylation sites (N-methyl/N-ethyl adjacent to an activating group) is 4. The quantitative estimate of drug-likeness (QED) is 0.0388. The lowest BCUT2D eigenvalue weighted by Crippen LogP contribution is -2.54. The van der Waals surface area contributed by atoms with Crippen LogP contribution in [0.15, 0.2) is 78.9 Å². The van der Waals surface area contributed by atoms with E-state index in [9.17, 15) is 33.6 Å². The lowest BCUT2D eigenvalue weighted by atomic mass is 9.99. The zero-order valence-electron chi connectivity index (χ0n) is 62.6. The number of rotatable bonds is 36. The fraction of sp³-hybridized carbons (Fsp3) is 0.645. The minimum atomic E-state index is -2.16. The molecule has 2 saturated heterocycles. The second kappa shape index (κ2) is 38.9. The van der Waals surface area contributed by atoms with Crippen LogP contribution >= 0.6 is 0 Å². The zero-order valence-corrected chi connectivity index (χ0v) is 62.6. The highest BCUT2D eigenvalue weighted by molar-refractivity contribution is 5.93. The number of anilines is 2. The summed E-state index contributed by atoms with van der Waals surface area (Å²) in [6.07, 6.45) is -7.59. The smallest absolute Gasteiger partial charge is 0.410 e. The second-order valence-corrected chi connectivity index (χ2v) is 29.5. The number of morpholine rings is 2. The molecule has 8 atom stereocenters. The number of alkyl halides is 2. The molecule has 3 aromatic carbocycles. The predicted molar refractivity (Wildman–Crippen MR) is 378 cm³/mol. The largest absolute Gasteiger partial charge is 0.458 e. The molecule has 2 fully saturated rings. The van der Waals surface area contributed by atoms with Crippen LogP contribution in [0.4, 0.5) is 25.0 Å². The molecule has 0 bridgehead atoms. The summed E-state index contributed by atoms with van der Waals surface area (Å²) < 4.78 is 77.6. The Bertz CT molecular complexity index is 3160. The number of hydrogen-bond donors (Lipinski definition) is 0. The van der Waals surface area contributed by atoms with Gasteiger partial charge in [0.25, 0.3) is 17.7 Å². The van der Waals surface area contributed by atoms with Gasteiger partial charge in [-0.2, -0.15) is 0 Å². The van der Waals surface area contributed by atoms with Crippen molar-refractivity contribution in [3.05, 3.63) is 95.6 Å². The molecule has 0 spiro atoms. The van der Waals surface area contributed by atoms with E-state index in [0.717, 1.165) is 42.1 Å². The molecule has 101 heavy (non-hydrogen) atoms. The van der Waals surface area contributed by atoms with Crippen molar-refractivity contribution in [2.24, 2.45) is 11.8 Å². The maximum atomic E-state index is 16.2. The van der Waals surface area contributed by atoms with Crippen molar-refractivity contribution in [3.63, 3.8) is 0 Å². The first-order chi connectivity index (χ1) is 47.3. The predicted octanol–water partition coefficient (Wildman–Crippen LogP) is 10.2. The molecule has 2 aliphatic rings. The minimum Gasteiger partial charge on any atom is -0.458 e. The van der Waals surface area contributed by atoms with E-state index in [1.165, 1.54) is 69.7 Å². The number of halogens is 2. The summed E-state index contributed by atoms with van der Waals surface area (Å²) in [6, 6.07) is 18.1. The van der Waals surface area contributed by atoms with Gasteiger partial charge >= 0.3 is 35.9 Å². The van der Waals surface area contributed by atoms with Crippen LogP contribution in [0.25, 0.3) is 0 Å². The molecule has 2 heterocycles. The third-order valence-corrected chi connectivity index (χ3v) is 17.6. The average molecular weight is 1420 g/mol.